The summed E-state index contributed by atoms with van der Waals surface area (Å²) in [6.07, 6.45) is 1.51. The van der Waals surface area contributed by atoms with Crippen molar-refractivity contribution < 1.29 is 0 Å². The minimum absolute atomic E-state index is 0.322. The number of nitrogens with two attached hydrogens (primary N) is 1. The maximum atomic E-state index is 5.88. The fourth-order valence-electron chi connectivity index (χ4n) is 1.48. The average Bonchev–Trinajstić information content (AvgIpc) is 2.16. The van der Waals surface area contributed by atoms with E-state index in [0.717, 1.165) is 11.4 Å². The number of anilines is 2. The van der Waals surface area contributed by atoms with Gasteiger partial charge in [0.1, 0.15) is 18.0 Å². The number of hydrogen-bond acceptors (Lipinski definition) is 4. The third kappa shape index (κ3) is 2.84. The highest BCUT2D eigenvalue weighted by Gasteiger charge is 2.15. The Morgan fingerprint density at radius 2 is 1.75 bits per heavy atom. The molecule has 3 N–H and O–H groups in total. The molecular weight excluding hydrogens is 200 g/mol. The Kier molecular flexibility index (Phi) is 4.10. The summed E-state index contributed by atoms with van der Waals surface area (Å²) >= 11 is 0. The van der Waals surface area contributed by atoms with E-state index in [1.54, 1.807) is 0 Å². The second kappa shape index (κ2) is 5.14. The van der Waals surface area contributed by atoms with Gasteiger partial charge in [-0.3, -0.25) is 0 Å². The van der Waals surface area contributed by atoms with Crippen molar-refractivity contribution in [1.29, 1.82) is 0 Å². The lowest BCUT2D eigenvalue weighted by molar-refractivity contribution is 0.557. The quantitative estimate of drug-likeness (QED) is 0.822. The molecule has 0 saturated carbocycles. The van der Waals surface area contributed by atoms with E-state index in [2.05, 4.69) is 49.9 Å². The Labute approximate surface area is 97.7 Å². The number of nitrogen functional groups attached to an aromatic ring is 1. The molecule has 0 aliphatic heterocycles. The van der Waals surface area contributed by atoms with Crippen LogP contribution in [0.5, 0.6) is 0 Å². The fourth-order valence-corrected chi connectivity index (χ4v) is 1.48. The molecule has 4 nitrogen and oxygen atoms in total. The summed E-state index contributed by atoms with van der Waals surface area (Å²) < 4.78 is 0. The van der Waals surface area contributed by atoms with Crippen LogP contribution in [0.15, 0.2) is 6.33 Å². The normalized spacial score (nSPS) is 13.2. The van der Waals surface area contributed by atoms with Crippen molar-refractivity contribution in [2.75, 3.05) is 11.1 Å². The van der Waals surface area contributed by atoms with E-state index in [4.69, 9.17) is 5.73 Å². The van der Waals surface area contributed by atoms with E-state index in [-0.39, 0.29) is 0 Å². The molecule has 4 heteroatoms. The Hall–Kier alpha value is -1.32. The maximum Gasteiger partial charge on any atom is 0.135 e. The predicted octanol–water partition coefficient (Wildman–Crippen LogP) is 2.64. The first-order valence-corrected chi connectivity index (χ1v) is 5.80. The Balaban J connectivity index is 2.99. The fraction of sp³-hybridized carbons (Fsp3) is 0.667. The van der Waals surface area contributed by atoms with Crippen LogP contribution in [-0.2, 0) is 0 Å². The van der Waals surface area contributed by atoms with Gasteiger partial charge >= 0.3 is 0 Å². The van der Waals surface area contributed by atoms with Crippen LogP contribution < -0.4 is 11.1 Å². The van der Waals surface area contributed by atoms with Crippen LogP contribution in [0.1, 0.15) is 46.1 Å². The average molecular weight is 222 g/mol. The van der Waals surface area contributed by atoms with Crippen LogP contribution in [0.3, 0.4) is 0 Å². The van der Waals surface area contributed by atoms with E-state index in [1.165, 1.54) is 6.33 Å². The van der Waals surface area contributed by atoms with Gasteiger partial charge < -0.3 is 11.1 Å². The van der Waals surface area contributed by atoms with Crippen LogP contribution >= 0.6 is 0 Å². The molecule has 0 aliphatic carbocycles. The highest BCUT2D eigenvalue weighted by Crippen LogP contribution is 2.27. The molecule has 1 heterocycles. The van der Waals surface area contributed by atoms with Gasteiger partial charge in [-0.05, 0) is 18.8 Å². The van der Waals surface area contributed by atoms with Crippen LogP contribution in [0.4, 0.5) is 11.6 Å². The van der Waals surface area contributed by atoms with Gasteiger partial charge in [0.25, 0.3) is 0 Å². The minimum Gasteiger partial charge on any atom is -0.383 e. The lowest BCUT2D eigenvalue weighted by atomic mass is 10.0. The predicted molar refractivity (Wildman–Crippen MR) is 68.5 cm³/mol. The van der Waals surface area contributed by atoms with Crippen LogP contribution in [0, 0.1) is 5.92 Å². The lowest BCUT2D eigenvalue weighted by Gasteiger charge is -2.21. The molecule has 1 unspecified atom stereocenters. The van der Waals surface area contributed by atoms with Crippen LogP contribution in [0.25, 0.3) is 0 Å². The highest BCUT2D eigenvalue weighted by atomic mass is 15.1. The smallest absolute Gasteiger partial charge is 0.135 e. The molecule has 90 valence electrons. The molecule has 0 saturated heterocycles. The third-order valence-corrected chi connectivity index (χ3v) is 2.86. The van der Waals surface area contributed by atoms with Gasteiger partial charge in [-0.2, -0.15) is 0 Å². The second-order valence-electron chi connectivity index (χ2n) is 4.85. The zero-order valence-electron chi connectivity index (χ0n) is 10.8. The topological polar surface area (TPSA) is 63.8 Å². The molecule has 1 aromatic heterocycles. The van der Waals surface area contributed by atoms with E-state index in [1.807, 2.05) is 0 Å². The molecule has 0 spiro atoms. The summed E-state index contributed by atoms with van der Waals surface area (Å²) in [4.78, 5) is 8.32. The Morgan fingerprint density at radius 3 is 2.25 bits per heavy atom. The second-order valence-corrected chi connectivity index (χ2v) is 4.85. The molecule has 0 aromatic carbocycles. The van der Waals surface area contributed by atoms with Gasteiger partial charge in [0, 0.05) is 11.6 Å². The van der Waals surface area contributed by atoms with E-state index in [0.29, 0.717) is 23.7 Å². The van der Waals surface area contributed by atoms with Crippen molar-refractivity contribution in [3.63, 3.8) is 0 Å². The van der Waals surface area contributed by atoms with Crippen LogP contribution in [-0.4, -0.2) is 16.0 Å². The van der Waals surface area contributed by atoms with Crippen LogP contribution in [0.2, 0.25) is 0 Å². The molecule has 1 aromatic rings. The van der Waals surface area contributed by atoms with Gasteiger partial charge in [-0.1, -0.05) is 27.7 Å². The van der Waals surface area contributed by atoms with Gasteiger partial charge in [0.15, 0.2) is 0 Å². The van der Waals surface area contributed by atoms with Crippen molar-refractivity contribution in [2.24, 2.45) is 5.92 Å². The van der Waals surface area contributed by atoms with Crippen molar-refractivity contribution in [3.05, 3.63) is 11.9 Å². The summed E-state index contributed by atoms with van der Waals surface area (Å²) in [5.41, 5.74) is 6.89. The summed E-state index contributed by atoms with van der Waals surface area (Å²) in [5.74, 6) is 2.31. The van der Waals surface area contributed by atoms with Gasteiger partial charge in [-0.25, -0.2) is 9.97 Å². The molecule has 0 bridgehead atoms. The summed E-state index contributed by atoms with van der Waals surface area (Å²) in [6, 6.07) is 0.367. The first-order chi connectivity index (χ1) is 7.43. The largest absolute Gasteiger partial charge is 0.383 e. The number of hydrogen-bond donors (Lipinski definition) is 2. The molecule has 1 atom stereocenters. The minimum atomic E-state index is 0.322. The molecule has 16 heavy (non-hydrogen) atoms. The number of aromatic nitrogens is 2. The molecule has 0 aliphatic rings. The number of rotatable bonds is 4. The lowest BCUT2D eigenvalue weighted by Crippen LogP contribution is -2.23. The molecule has 1 rings (SSSR count). The van der Waals surface area contributed by atoms with Crippen molar-refractivity contribution in [1.82, 2.24) is 9.97 Å². The summed E-state index contributed by atoms with van der Waals surface area (Å²) in [5, 5.41) is 3.40. The summed E-state index contributed by atoms with van der Waals surface area (Å²) in [7, 11) is 0. The van der Waals surface area contributed by atoms with Crippen molar-refractivity contribution >= 4 is 11.6 Å². The monoisotopic (exact) mass is 222 g/mol. The zero-order valence-corrected chi connectivity index (χ0v) is 10.8. The highest BCUT2D eigenvalue weighted by molar-refractivity contribution is 5.56. The molecule has 0 radical (unpaired) electrons. The molecule has 0 fully saturated rings. The maximum absolute atomic E-state index is 5.88. The SMILES string of the molecule is CC(C)c1c(N)ncnc1NC(C)C(C)C. The summed E-state index contributed by atoms with van der Waals surface area (Å²) in [6.45, 7) is 10.7. The van der Waals surface area contributed by atoms with E-state index >= 15 is 0 Å². The Morgan fingerprint density at radius 1 is 1.12 bits per heavy atom. The van der Waals surface area contributed by atoms with E-state index in [9.17, 15) is 0 Å². The first kappa shape index (κ1) is 12.7. The van der Waals surface area contributed by atoms with Gasteiger partial charge in [0.2, 0.25) is 0 Å². The number of nitrogens with zero attached hydrogens (tertiary/aromatic N) is 2. The van der Waals surface area contributed by atoms with E-state index < -0.39 is 0 Å². The number of nitrogens with one attached hydrogen (secondary N) is 1. The standard InChI is InChI=1S/C12H22N4/c1-7(2)9(5)16-12-10(8(3)4)11(13)14-6-15-12/h6-9H,1-5H3,(H3,13,14,15,16). The third-order valence-electron chi connectivity index (χ3n) is 2.86. The first-order valence-electron chi connectivity index (χ1n) is 5.80. The zero-order chi connectivity index (χ0) is 12.3. The van der Waals surface area contributed by atoms with Crippen molar-refractivity contribution in [2.45, 2.75) is 46.6 Å². The van der Waals surface area contributed by atoms with Crippen molar-refractivity contribution in [3.8, 4) is 0 Å². The molecule has 0 amide bonds. The molecular formula is C12H22N4. The Bertz CT molecular complexity index is 347. The van der Waals surface area contributed by atoms with Gasteiger partial charge in [-0.15, -0.1) is 0 Å². The van der Waals surface area contributed by atoms with Gasteiger partial charge in [0.05, 0.1) is 0 Å².